The van der Waals surface area contributed by atoms with Gasteiger partial charge in [0.1, 0.15) is 11.1 Å². The third-order valence-corrected chi connectivity index (χ3v) is 2.43. The summed E-state index contributed by atoms with van der Waals surface area (Å²) in [5.74, 6) is 0. The summed E-state index contributed by atoms with van der Waals surface area (Å²) in [4.78, 5) is 6.65. The lowest BCUT2D eigenvalue weighted by Gasteiger charge is -2.03. The SMILES string of the molecule is N1OOSSS1. The average Bonchev–Trinajstić information content (AvgIpc) is 1.72. The molecule has 0 aliphatic carbocycles. The van der Waals surface area contributed by atoms with Crippen molar-refractivity contribution in [1.82, 2.24) is 4.89 Å². The van der Waals surface area contributed by atoms with Crippen LogP contribution in [0.5, 0.6) is 0 Å². The van der Waals surface area contributed by atoms with Crippen LogP contribution in [-0.2, 0) is 9.32 Å². The zero-order valence-electron chi connectivity index (χ0n) is 2.54. The van der Waals surface area contributed by atoms with E-state index in [1.807, 2.05) is 0 Å². The molecule has 1 aliphatic rings. The monoisotopic (exact) mass is 143 g/mol. The van der Waals surface area contributed by atoms with Gasteiger partial charge in [-0.15, -0.1) is 9.32 Å². The largest absolute Gasteiger partial charge is 0.131 e. The molecule has 1 rings (SSSR count). The molecule has 0 radical (unpaired) electrons. The summed E-state index contributed by atoms with van der Waals surface area (Å²) in [5, 5.41) is 0. The second-order valence-electron chi connectivity index (χ2n) is 0.454. The van der Waals surface area contributed by atoms with Gasteiger partial charge in [-0.3, -0.25) is 0 Å². The molecule has 0 saturated carbocycles. The third-order valence-electron chi connectivity index (χ3n) is 0.192. The minimum atomic E-state index is 1.19. The fraction of sp³-hybridized carbons (Fsp3) is 0. The first-order chi connectivity index (χ1) is 3.00. The fourth-order valence-corrected chi connectivity index (χ4v) is 1.43. The van der Waals surface area contributed by atoms with Gasteiger partial charge in [-0.05, 0) is 0 Å². The Labute approximate surface area is 46.5 Å². The summed E-state index contributed by atoms with van der Waals surface area (Å²) in [5.41, 5.74) is 0. The van der Waals surface area contributed by atoms with Crippen LogP contribution in [0, 0.1) is 0 Å². The van der Waals surface area contributed by atoms with Crippen molar-refractivity contribution in [3.05, 3.63) is 0 Å². The van der Waals surface area contributed by atoms with Gasteiger partial charge in [-0.1, -0.05) is 4.89 Å². The molecule has 3 nitrogen and oxygen atoms in total. The second kappa shape index (κ2) is 3.00. The van der Waals surface area contributed by atoms with E-state index in [1.165, 1.54) is 31.9 Å². The first-order valence-electron chi connectivity index (χ1n) is 1.07. The van der Waals surface area contributed by atoms with Crippen LogP contribution in [0.3, 0.4) is 0 Å². The summed E-state index contributed by atoms with van der Waals surface area (Å²) >= 11 is 1.19. The van der Waals surface area contributed by atoms with Crippen LogP contribution in [-0.4, -0.2) is 0 Å². The zero-order valence-corrected chi connectivity index (χ0v) is 4.99. The van der Waals surface area contributed by atoms with Gasteiger partial charge in [0.05, 0.1) is 0 Å². The average molecular weight is 143 g/mol. The maximum Gasteiger partial charge on any atom is 0.117 e. The number of hydrogen-bond acceptors (Lipinski definition) is 6. The molecular formula is HNO2S3. The normalized spacial score (nSPS) is 24.0. The van der Waals surface area contributed by atoms with Crippen LogP contribution in [0.15, 0.2) is 0 Å². The first kappa shape index (κ1) is 5.07. The molecular weight excluding hydrogens is 142 g/mol. The molecule has 0 aromatic carbocycles. The lowest BCUT2D eigenvalue weighted by Crippen LogP contribution is -2.02. The van der Waals surface area contributed by atoms with Gasteiger partial charge in [0.2, 0.25) is 0 Å². The van der Waals surface area contributed by atoms with E-state index in [-0.39, 0.29) is 0 Å². The van der Waals surface area contributed by atoms with Crippen molar-refractivity contribution < 1.29 is 9.32 Å². The van der Waals surface area contributed by atoms with Crippen LogP contribution in [0.4, 0.5) is 0 Å². The van der Waals surface area contributed by atoms with Crippen molar-refractivity contribution in [1.29, 1.82) is 0 Å². The van der Waals surface area contributed by atoms with Crippen LogP contribution >= 0.6 is 31.9 Å². The number of rotatable bonds is 0. The number of nitrogens with one attached hydrogen (secondary N) is 1. The minimum absolute atomic E-state index is 1.19. The molecule has 6 heteroatoms. The maximum absolute atomic E-state index is 4.32. The molecule has 1 fully saturated rings. The van der Waals surface area contributed by atoms with E-state index in [2.05, 4.69) is 14.2 Å². The molecule has 0 amide bonds. The Morgan fingerprint density at radius 1 is 1.50 bits per heavy atom. The van der Waals surface area contributed by atoms with Gasteiger partial charge in [0.15, 0.2) is 0 Å². The van der Waals surface area contributed by atoms with Gasteiger partial charge >= 0.3 is 0 Å². The van der Waals surface area contributed by atoms with E-state index in [1.54, 1.807) is 0 Å². The Bertz CT molecular complexity index is 24.3. The second-order valence-corrected chi connectivity index (χ2v) is 3.74. The Hall–Kier alpha value is 0.930. The first-order valence-corrected chi connectivity index (χ1v) is 4.48. The Balaban J connectivity index is 2.00. The van der Waals surface area contributed by atoms with E-state index in [0.29, 0.717) is 0 Å². The maximum atomic E-state index is 4.32. The highest BCUT2D eigenvalue weighted by Gasteiger charge is 1.98. The molecule has 0 aromatic heterocycles. The van der Waals surface area contributed by atoms with Crippen LogP contribution in [0.2, 0.25) is 0 Å². The van der Waals surface area contributed by atoms with Crippen molar-refractivity contribution in [3.8, 4) is 0 Å². The van der Waals surface area contributed by atoms with Crippen LogP contribution in [0.25, 0.3) is 0 Å². The molecule has 1 heterocycles. The van der Waals surface area contributed by atoms with E-state index < -0.39 is 0 Å². The fourth-order valence-electron chi connectivity index (χ4n) is 0.0808. The third kappa shape index (κ3) is 1.59. The van der Waals surface area contributed by atoms with Gasteiger partial charge < -0.3 is 0 Å². The Morgan fingerprint density at radius 2 is 2.50 bits per heavy atom. The van der Waals surface area contributed by atoms with Crippen molar-refractivity contribution in [2.75, 3.05) is 0 Å². The van der Waals surface area contributed by atoms with E-state index >= 15 is 0 Å². The molecule has 0 spiro atoms. The van der Waals surface area contributed by atoms with E-state index in [0.717, 1.165) is 0 Å². The predicted octanol–water partition coefficient (Wildman–Crippen LogP) is 1.31. The van der Waals surface area contributed by atoms with Crippen molar-refractivity contribution >= 4 is 31.9 Å². The minimum Gasteiger partial charge on any atom is -0.131 e. The highest BCUT2D eigenvalue weighted by Crippen LogP contribution is 2.36. The van der Waals surface area contributed by atoms with Crippen LogP contribution < -0.4 is 4.89 Å². The van der Waals surface area contributed by atoms with Crippen molar-refractivity contribution in [3.63, 3.8) is 0 Å². The smallest absolute Gasteiger partial charge is 0.117 e. The molecule has 0 bridgehead atoms. The molecule has 1 saturated heterocycles. The highest BCUT2D eigenvalue weighted by atomic mass is 33.5. The van der Waals surface area contributed by atoms with Crippen molar-refractivity contribution in [2.24, 2.45) is 0 Å². The standard InChI is InChI=1S/HNO2S3/c1-2-3-5-6-4-1/h1H. The molecule has 1 aliphatic heterocycles. The quantitative estimate of drug-likeness (QED) is 0.238. The molecule has 6 heavy (non-hydrogen) atoms. The molecule has 0 atom stereocenters. The van der Waals surface area contributed by atoms with E-state index in [9.17, 15) is 0 Å². The Morgan fingerprint density at radius 3 is 2.67 bits per heavy atom. The van der Waals surface area contributed by atoms with Gasteiger partial charge in [-0.25, -0.2) is 0 Å². The highest BCUT2D eigenvalue weighted by molar-refractivity contribution is 9.08. The van der Waals surface area contributed by atoms with E-state index in [4.69, 9.17) is 0 Å². The van der Waals surface area contributed by atoms with Gasteiger partial charge in [0, 0.05) is 20.8 Å². The summed E-state index contributed by atoms with van der Waals surface area (Å²) < 4.78 is 4.32. The summed E-state index contributed by atoms with van der Waals surface area (Å²) in [6.07, 6.45) is 0. The van der Waals surface area contributed by atoms with Gasteiger partial charge in [-0.2, -0.15) is 0 Å². The van der Waals surface area contributed by atoms with Crippen LogP contribution in [0.1, 0.15) is 0 Å². The molecule has 0 aromatic rings. The predicted molar refractivity (Wildman–Crippen MR) is 28.1 cm³/mol. The molecule has 1 N–H and O–H groups in total. The lowest BCUT2D eigenvalue weighted by atomic mass is 13.5. The van der Waals surface area contributed by atoms with Crippen molar-refractivity contribution in [2.45, 2.75) is 0 Å². The molecule has 36 valence electrons. The Kier molecular flexibility index (Phi) is 2.54. The number of hydrogen-bond donors (Lipinski definition) is 1. The topological polar surface area (TPSA) is 30.5 Å². The summed E-state index contributed by atoms with van der Waals surface area (Å²) in [6, 6.07) is 0. The zero-order chi connectivity index (χ0) is 4.24. The summed E-state index contributed by atoms with van der Waals surface area (Å²) in [6.45, 7) is 0. The summed E-state index contributed by atoms with van der Waals surface area (Å²) in [7, 11) is 2.85. The van der Waals surface area contributed by atoms with Gasteiger partial charge in [0.25, 0.3) is 0 Å². The molecule has 0 unspecified atom stereocenters. The lowest BCUT2D eigenvalue weighted by molar-refractivity contribution is -0.214.